The molecule has 0 aromatic heterocycles. The Balaban J connectivity index is 2.03. The minimum Gasteiger partial charge on any atom is -0.326 e. The number of rotatable bonds is 4. The fourth-order valence-corrected chi connectivity index (χ4v) is 2.09. The number of nitrogens with one attached hydrogen (secondary N) is 1. The van der Waals surface area contributed by atoms with E-state index in [1.54, 1.807) is 0 Å². The van der Waals surface area contributed by atoms with Gasteiger partial charge in [-0.25, -0.2) is 0 Å². The largest absolute Gasteiger partial charge is 0.326 e. The van der Waals surface area contributed by atoms with E-state index in [-0.39, 0.29) is 5.91 Å². The highest BCUT2D eigenvalue weighted by Gasteiger charge is 2.06. The van der Waals surface area contributed by atoms with Crippen molar-refractivity contribution >= 4 is 11.6 Å². The molecule has 2 aromatic rings. The Hall–Kier alpha value is -2.13. The normalized spacial score (nSPS) is 10.3. The molecular formula is C17H20N2O. The number of carbonyl (C=O) groups excluding carboxylic acids is 1. The first kappa shape index (κ1) is 14.3. The van der Waals surface area contributed by atoms with Crippen LogP contribution >= 0.6 is 0 Å². The Morgan fingerprint density at radius 2 is 1.80 bits per heavy atom. The van der Waals surface area contributed by atoms with Crippen molar-refractivity contribution in [3.05, 3.63) is 64.7 Å². The van der Waals surface area contributed by atoms with Gasteiger partial charge in [-0.05, 0) is 42.7 Å². The summed E-state index contributed by atoms with van der Waals surface area (Å²) in [6.07, 6.45) is 0.395. The van der Waals surface area contributed by atoms with Crippen molar-refractivity contribution < 1.29 is 4.79 Å². The smallest absolute Gasteiger partial charge is 0.228 e. The van der Waals surface area contributed by atoms with Gasteiger partial charge >= 0.3 is 0 Å². The lowest BCUT2D eigenvalue weighted by molar-refractivity contribution is -0.115. The van der Waals surface area contributed by atoms with Gasteiger partial charge in [-0.3, -0.25) is 4.79 Å². The molecule has 3 heteroatoms. The topological polar surface area (TPSA) is 55.1 Å². The highest BCUT2D eigenvalue weighted by atomic mass is 16.1. The molecule has 0 radical (unpaired) electrons. The maximum absolute atomic E-state index is 12.1. The third-order valence-electron chi connectivity index (χ3n) is 3.33. The van der Waals surface area contributed by atoms with E-state index in [4.69, 9.17) is 5.73 Å². The molecule has 1 amide bonds. The van der Waals surface area contributed by atoms with E-state index in [0.29, 0.717) is 13.0 Å². The highest BCUT2D eigenvalue weighted by molar-refractivity contribution is 5.92. The lowest BCUT2D eigenvalue weighted by atomic mass is 10.0. The summed E-state index contributed by atoms with van der Waals surface area (Å²) in [5.74, 6) is -0.000742. The molecule has 0 heterocycles. The van der Waals surface area contributed by atoms with Crippen LogP contribution in [-0.2, 0) is 17.8 Å². The summed E-state index contributed by atoms with van der Waals surface area (Å²) in [5, 5.41) is 2.91. The number of benzene rings is 2. The van der Waals surface area contributed by atoms with Crippen molar-refractivity contribution in [3.63, 3.8) is 0 Å². The summed E-state index contributed by atoms with van der Waals surface area (Å²) in [6.45, 7) is 4.57. The van der Waals surface area contributed by atoms with Gasteiger partial charge in [0.05, 0.1) is 6.42 Å². The van der Waals surface area contributed by atoms with Gasteiger partial charge < -0.3 is 11.1 Å². The van der Waals surface area contributed by atoms with Crippen LogP contribution in [0.4, 0.5) is 5.69 Å². The molecule has 2 rings (SSSR count). The minimum atomic E-state index is -0.000742. The van der Waals surface area contributed by atoms with Crippen LogP contribution in [-0.4, -0.2) is 5.91 Å². The molecule has 3 nitrogen and oxygen atoms in total. The summed E-state index contributed by atoms with van der Waals surface area (Å²) in [6, 6.07) is 13.8. The monoisotopic (exact) mass is 268 g/mol. The van der Waals surface area contributed by atoms with Gasteiger partial charge in [-0.15, -0.1) is 0 Å². The molecule has 0 bridgehead atoms. The summed E-state index contributed by atoms with van der Waals surface area (Å²) in [4.78, 5) is 12.1. The predicted octanol–water partition coefficient (Wildman–Crippen LogP) is 2.94. The van der Waals surface area contributed by atoms with Crippen LogP contribution < -0.4 is 11.1 Å². The number of hydrogen-bond acceptors (Lipinski definition) is 2. The molecule has 0 spiro atoms. The number of hydrogen-bond donors (Lipinski definition) is 2. The maximum atomic E-state index is 12.1. The van der Waals surface area contributed by atoms with Crippen LogP contribution in [0.1, 0.15) is 22.3 Å². The van der Waals surface area contributed by atoms with Gasteiger partial charge in [0.15, 0.2) is 0 Å². The Bertz CT molecular complexity index is 603. The fraction of sp³-hybridized carbons (Fsp3) is 0.235. The number of aryl methyl sites for hydroxylation is 2. The van der Waals surface area contributed by atoms with E-state index in [2.05, 4.69) is 17.4 Å². The molecule has 0 saturated heterocycles. The van der Waals surface area contributed by atoms with Crippen molar-refractivity contribution in [1.82, 2.24) is 0 Å². The van der Waals surface area contributed by atoms with Gasteiger partial charge in [0.2, 0.25) is 5.91 Å². The van der Waals surface area contributed by atoms with Crippen LogP contribution in [0.15, 0.2) is 42.5 Å². The average Bonchev–Trinajstić information content (AvgIpc) is 2.43. The SMILES string of the molecule is Cc1ccc(C)c(CC(=O)Nc2ccc(CN)cc2)c1. The van der Waals surface area contributed by atoms with E-state index >= 15 is 0 Å². The summed E-state index contributed by atoms with van der Waals surface area (Å²) in [5.41, 5.74) is 10.8. The van der Waals surface area contributed by atoms with Crippen LogP contribution in [0.25, 0.3) is 0 Å². The van der Waals surface area contributed by atoms with Gasteiger partial charge in [0.1, 0.15) is 0 Å². The quantitative estimate of drug-likeness (QED) is 0.895. The van der Waals surface area contributed by atoms with Crippen molar-refractivity contribution in [1.29, 1.82) is 0 Å². The number of nitrogens with two attached hydrogens (primary N) is 1. The molecular weight excluding hydrogens is 248 g/mol. The molecule has 0 aliphatic rings. The lowest BCUT2D eigenvalue weighted by Crippen LogP contribution is -2.15. The van der Waals surface area contributed by atoms with E-state index in [1.807, 2.05) is 44.2 Å². The van der Waals surface area contributed by atoms with Gasteiger partial charge in [0, 0.05) is 12.2 Å². The van der Waals surface area contributed by atoms with Crippen molar-refractivity contribution in [3.8, 4) is 0 Å². The molecule has 104 valence electrons. The first-order chi connectivity index (χ1) is 9.58. The molecule has 0 aliphatic heterocycles. The van der Waals surface area contributed by atoms with Crippen LogP contribution in [0.3, 0.4) is 0 Å². The summed E-state index contributed by atoms with van der Waals surface area (Å²) >= 11 is 0. The van der Waals surface area contributed by atoms with Gasteiger partial charge in [-0.1, -0.05) is 35.9 Å². The average molecular weight is 268 g/mol. The van der Waals surface area contributed by atoms with Crippen LogP contribution in [0.2, 0.25) is 0 Å². The van der Waals surface area contributed by atoms with Gasteiger partial charge in [-0.2, -0.15) is 0 Å². The first-order valence-electron chi connectivity index (χ1n) is 6.73. The zero-order valence-corrected chi connectivity index (χ0v) is 11.9. The third-order valence-corrected chi connectivity index (χ3v) is 3.33. The van der Waals surface area contributed by atoms with E-state index in [0.717, 1.165) is 22.4 Å². The second-order valence-corrected chi connectivity index (χ2v) is 5.06. The second-order valence-electron chi connectivity index (χ2n) is 5.06. The number of carbonyl (C=O) groups is 1. The van der Waals surface area contributed by atoms with Crippen molar-refractivity contribution in [2.75, 3.05) is 5.32 Å². The minimum absolute atomic E-state index is 0.000742. The second kappa shape index (κ2) is 6.35. The molecule has 3 N–H and O–H groups in total. The number of amides is 1. The lowest BCUT2D eigenvalue weighted by Gasteiger charge is -2.09. The number of anilines is 1. The van der Waals surface area contributed by atoms with Crippen molar-refractivity contribution in [2.45, 2.75) is 26.8 Å². The molecule has 0 atom stereocenters. The first-order valence-corrected chi connectivity index (χ1v) is 6.73. The van der Waals surface area contributed by atoms with E-state index in [9.17, 15) is 4.79 Å². The van der Waals surface area contributed by atoms with Crippen LogP contribution in [0.5, 0.6) is 0 Å². The Labute approximate surface area is 119 Å². The molecule has 20 heavy (non-hydrogen) atoms. The van der Waals surface area contributed by atoms with E-state index < -0.39 is 0 Å². The third kappa shape index (κ3) is 3.68. The Kier molecular flexibility index (Phi) is 4.53. The van der Waals surface area contributed by atoms with Gasteiger partial charge in [0.25, 0.3) is 0 Å². The fourth-order valence-electron chi connectivity index (χ4n) is 2.09. The highest BCUT2D eigenvalue weighted by Crippen LogP contribution is 2.13. The Morgan fingerprint density at radius 3 is 2.45 bits per heavy atom. The van der Waals surface area contributed by atoms with E-state index in [1.165, 1.54) is 5.56 Å². The molecule has 0 saturated carbocycles. The molecule has 0 unspecified atom stereocenters. The maximum Gasteiger partial charge on any atom is 0.228 e. The predicted molar refractivity (Wildman–Crippen MR) is 82.6 cm³/mol. The standard InChI is InChI=1S/C17H20N2O/c1-12-3-4-13(2)15(9-12)10-17(20)19-16-7-5-14(11-18)6-8-16/h3-9H,10-11,18H2,1-2H3,(H,19,20). The Morgan fingerprint density at radius 1 is 1.10 bits per heavy atom. The molecule has 2 aromatic carbocycles. The zero-order valence-electron chi connectivity index (χ0n) is 11.9. The molecule has 0 fully saturated rings. The summed E-state index contributed by atoms with van der Waals surface area (Å²) < 4.78 is 0. The van der Waals surface area contributed by atoms with Crippen LogP contribution in [0, 0.1) is 13.8 Å². The zero-order chi connectivity index (χ0) is 14.5. The molecule has 0 aliphatic carbocycles. The van der Waals surface area contributed by atoms with Crippen molar-refractivity contribution in [2.24, 2.45) is 5.73 Å². The summed E-state index contributed by atoms with van der Waals surface area (Å²) in [7, 11) is 0.